The van der Waals surface area contributed by atoms with Crippen molar-refractivity contribution in [1.82, 2.24) is 19.9 Å². The number of benzene rings is 1. The van der Waals surface area contributed by atoms with Gasteiger partial charge in [-0.3, -0.25) is 9.20 Å². The van der Waals surface area contributed by atoms with Gasteiger partial charge in [0.05, 0.1) is 23.9 Å². The van der Waals surface area contributed by atoms with Gasteiger partial charge in [0.25, 0.3) is 5.91 Å². The molecular weight excluding hydrogens is 382 g/mol. The third kappa shape index (κ3) is 3.85. The number of fused-ring (bicyclic) bond motifs is 1. The average Bonchev–Trinajstić information content (AvgIpc) is 3.46. The molecule has 3 aromatic rings. The van der Waals surface area contributed by atoms with Crippen LogP contribution in [0.15, 0.2) is 30.5 Å². The van der Waals surface area contributed by atoms with E-state index in [1.165, 1.54) is 0 Å². The highest BCUT2D eigenvalue weighted by Crippen LogP contribution is 2.26. The molecule has 2 N–H and O–H groups in total. The number of amides is 1. The Bertz CT molecular complexity index is 1120. The van der Waals surface area contributed by atoms with Crippen molar-refractivity contribution in [3.05, 3.63) is 52.8 Å². The van der Waals surface area contributed by atoms with E-state index in [0.29, 0.717) is 36.1 Å². The molecule has 1 aromatic carbocycles. The van der Waals surface area contributed by atoms with Crippen molar-refractivity contribution >= 4 is 29.0 Å². The minimum absolute atomic E-state index is 0.0790. The largest absolute Gasteiger partial charge is 0.462 e. The lowest BCUT2D eigenvalue weighted by Gasteiger charge is -2.13. The lowest BCUT2D eigenvalue weighted by Crippen LogP contribution is -2.25. The normalized spacial score (nSPS) is 13.3. The van der Waals surface area contributed by atoms with Crippen LogP contribution in [0.25, 0.3) is 5.52 Å². The van der Waals surface area contributed by atoms with E-state index in [9.17, 15) is 9.59 Å². The highest BCUT2D eigenvalue weighted by molar-refractivity contribution is 5.96. The number of nitrogens with zero attached hydrogens (tertiary/aromatic N) is 3. The van der Waals surface area contributed by atoms with Gasteiger partial charge in [-0.15, -0.1) is 5.10 Å². The maximum Gasteiger partial charge on any atom is 0.339 e. The van der Waals surface area contributed by atoms with Crippen molar-refractivity contribution in [2.45, 2.75) is 46.1 Å². The molecule has 30 heavy (non-hydrogen) atoms. The van der Waals surface area contributed by atoms with E-state index in [2.05, 4.69) is 20.8 Å². The number of aromatic nitrogens is 3. The Hall–Kier alpha value is -3.42. The van der Waals surface area contributed by atoms with Crippen LogP contribution in [0.3, 0.4) is 0 Å². The van der Waals surface area contributed by atoms with Gasteiger partial charge in [-0.1, -0.05) is 13.0 Å². The first kappa shape index (κ1) is 19.9. The number of hydrogen-bond donors (Lipinski definition) is 2. The van der Waals surface area contributed by atoms with Gasteiger partial charge >= 0.3 is 5.97 Å². The molecule has 0 unspecified atom stereocenters. The standard InChI is InChI=1S/C22H25N5O3/c1-4-19-17(21(29)30-5-2)11-16-12-23-26-22(27(16)19)25-18-10-14(7-6-13(18)3)20(28)24-15-8-9-15/h6-7,10-12,15H,4-5,8-9H2,1-3H3,(H,24,28)(H,25,26). The van der Waals surface area contributed by atoms with Gasteiger partial charge in [-0.2, -0.15) is 5.10 Å². The number of carbonyl (C=O) groups is 2. The van der Waals surface area contributed by atoms with Gasteiger partial charge in [-0.05, 0) is 56.9 Å². The first-order valence-electron chi connectivity index (χ1n) is 10.2. The van der Waals surface area contributed by atoms with Crippen LogP contribution in [0.5, 0.6) is 0 Å². The number of hydrogen-bond acceptors (Lipinski definition) is 6. The Labute approximate surface area is 174 Å². The van der Waals surface area contributed by atoms with Crippen LogP contribution in [0, 0.1) is 6.92 Å². The third-order valence-electron chi connectivity index (χ3n) is 5.17. The van der Waals surface area contributed by atoms with Crippen molar-refractivity contribution in [3.63, 3.8) is 0 Å². The Balaban J connectivity index is 1.71. The van der Waals surface area contributed by atoms with Crippen molar-refractivity contribution < 1.29 is 14.3 Å². The smallest absolute Gasteiger partial charge is 0.339 e. The molecule has 2 aromatic heterocycles. The van der Waals surface area contributed by atoms with Crippen LogP contribution in [0.4, 0.5) is 11.6 Å². The zero-order chi connectivity index (χ0) is 21.3. The fourth-order valence-electron chi connectivity index (χ4n) is 3.43. The number of nitrogens with one attached hydrogen (secondary N) is 2. The first-order valence-corrected chi connectivity index (χ1v) is 10.2. The average molecular weight is 407 g/mol. The van der Waals surface area contributed by atoms with E-state index in [0.717, 1.165) is 35.3 Å². The molecule has 0 radical (unpaired) electrons. The summed E-state index contributed by atoms with van der Waals surface area (Å²) >= 11 is 0. The molecule has 1 saturated carbocycles. The Morgan fingerprint density at radius 2 is 2.03 bits per heavy atom. The second kappa shape index (κ2) is 8.14. The lowest BCUT2D eigenvalue weighted by molar-refractivity contribution is 0.0525. The molecular formula is C22H25N5O3. The van der Waals surface area contributed by atoms with Gasteiger partial charge in [0, 0.05) is 23.0 Å². The summed E-state index contributed by atoms with van der Waals surface area (Å²) in [4.78, 5) is 24.8. The molecule has 8 nitrogen and oxygen atoms in total. The van der Waals surface area contributed by atoms with Crippen LogP contribution in [-0.4, -0.2) is 39.1 Å². The van der Waals surface area contributed by atoms with Crippen molar-refractivity contribution in [1.29, 1.82) is 0 Å². The summed E-state index contributed by atoms with van der Waals surface area (Å²) in [5, 5.41) is 14.6. The Morgan fingerprint density at radius 3 is 2.73 bits per heavy atom. The van der Waals surface area contributed by atoms with Crippen LogP contribution >= 0.6 is 0 Å². The summed E-state index contributed by atoms with van der Waals surface area (Å²) in [5.74, 6) is 0.0336. The molecule has 1 amide bonds. The molecule has 1 aliphatic carbocycles. The summed E-state index contributed by atoms with van der Waals surface area (Å²) in [6.07, 6.45) is 4.30. The van der Waals surface area contributed by atoms with Crippen LogP contribution in [-0.2, 0) is 11.2 Å². The summed E-state index contributed by atoms with van der Waals surface area (Å²) in [7, 11) is 0. The molecule has 1 aliphatic rings. The van der Waals surface area contributed by atoms with E-state index >= 15 is 0 Å². The number of rotatable bonds is 7. The zero-order valence-corrected chi connectivity index (χ0v) is 17.4. The van der Waals surface area contributed by atoms with Crippen molar-refractivity contribution in [2.75, 3.05) is 11.9 Å². The highest BCUT2D eigenvalue weighted by Gasteiger charge is 2.24. The van der Waals surface area contributed by atoms with Gasteiger partial charge < -0.3 is 15.4 Å². The molecule has 2 heterocycles. The maximum absolute atomic E-state index is 12.4. The number of esters is 1. The predicted octanol–water partition coefficient (Wildman–Crippen LogP) is 3.41. The van der Waals surface area contributed by atoms with Gasteiger partial charge in [0.1, 0.15) is 0 Å². The fourth-order valence-corrected chi connectivity index (χ4v) is 3.43. The number of aryl methyl sites for hydroxylation is 2. The minimum Gasteiger partial charge on any atom is -0.462 e. The number of ether oxygens (including phenoxy) is 1. The van der Waals surface area contributed by atoms with Crippen LogP contribution in [0.2, 0.25) is 0 Å². The molecule has 0 spiro atoms. The third-order valence-corrected chi connectivity index (χ3v) is 5.17. The van der Waals surface area contributed by atoms with Gasteiger partial charge in [-0.25, -0.2) is 4.79 Å². The zero-order valence-electron chi connectivity index (χ0n) is 17.4. The van der Waals surface area contributed by atoms with Crippen LogP contribution < -0.4 is 10.6 Å². The Kier molecular flexibility index (Phi) is 5.39. The number of carbonyl (C=O) groups excluding carboxylic acids is 2. The maximum atomic E-state index is 12.4. The first-order chi connectivity index (χ1) is 14.5. The fraction of sp³-hybridized carbons (Fsp3) is 0.364. The van der Waals surface area contributed by atoms with Gasteiger partial charge in [0.2, 0.25) is 5.95 Å². The van der Waals surface area contributed by atoms with Crippen molar-refractivity contribution in [2.24, 2.45) is 0 Å². The topological polar surface area (TPSA) is 97.6 Å². The van der Waals surface area contributed by atoms with E-state index in [4.69, 9.17) is 4.74 Å². The molecule has 4 rings (SSSR count). The van der Waals surface area contributed by atoms with Crippen LogP contribution in [0.1, 0.15) is 58.7 Å². The summed E-state index contributed by atoms with van der Waals surface area (Å²) in [6.45, 7) is 6.02. The van der Waals surface area contributed by atoms with Gasteiger partial charge in [0.15, 0.2) is 0 Å². The van der Waals surface area contributed by atoms with E-state index < -0.39 is 0 Å². The second-order valence-corrected chi connectivity index (χ2v) is 7.41. The Morgan fingerprint density at radius 1 is 1.23 bits per heavy atom. The lowest BCUT2D eigenvalue weighted by atomic mass is 10.1. The molecule has 0 saturated heterocycles. The molecule has 0 atom stereocenters. The quantitative estimate of drug-likeness (QED) is 0.583. The summed E-state index contributed by atoms with van der Waals surface area (Å²) in [5.41, 5.74) is 4.35. The highest BCUT2D eigenvalue weighted by atomic mass is 16.5. The van der Waals surface area contributed by atoms with E-state index in [1.54, 1.807) is 19.2 Å². The number of anilines is 2. The molecule has 156 valence electrons. The van der Waals surface area contributed by atoms with E-state index in [-0.39, 0.29) is 11.9 Å². The predicted molar refractivity (Wildman–Crippen MR) is 113 cm³/mol. The summed E-state index contributed by atoms with van der Waals surface area (Å²) in [6, 6.07) is 7.59. The second-order valence-electron chi connectivity index (χ2n) is 7.41. The monoisotopic (exact) mass is 407 g/mol. The molecule has 8 heteroatoms. The van der Waals surface area contributed by atoms with E-state index in [1.807, 2.05) is 36.4 Å². The SMILES string of the molecule is CCOC(=O)c1cc2cnnc(Nc3cc(C(=O)NC4CC4)ccc3C)n2c1CC. The molecule has 0 bridgehead atoms. The minimum atomic E-state index is -0.362. The molecule has 1 fully saturated rings. The molecule has 0 aliphatic heterocycles. The van der Waals surface area contributed by atoms with Crippen molar-refractivity contribution in [3.8, 4) is 0 Å². The summed E-state index contributed by atoms with van der Waals surface area (Å²) < 4.78 is 7.07.